The molecule has 1 N–H and O–H groups in total. The molecule has 0 aliphatic carbocycles. The van der Waals surface area contributed by atoms with Crippen molar-refractivity contribution >= 4 is 44.2 Å². The molecule has 7 heteroatoms. The van der Waals surface area contributed by atoms with E-state index < -0.39 is 0 Å². The Morgan fingerprint density at radius 2 is 2.00 bits per heavy atom. The summed E-state index contributed by atoms with van der Waals surface area (Å²) in [6.45, 7) is 1.32. The summed E-state index contributed by atoms with van der Waals surface area (Å²) in [7, 11) is 4.08. The number of nitrogens with one attached hydrogen (secondary N) is 1. The monoisotopic (exact) mass is 385 g/mol. The van der Waals surface area contributed by atoms with Crippen molar-refractivity contribution in [1.29, 1.82) is 5.26 Å². The number of aromatic nitrogens is 1. The predicted octanol–water partition coefficient (Wildman–Crippen LogP) is 2.61. The van der Waals surface area contributed by atoms with Crippen molar-refractivity contribution in [3.05, 3.63) is 58.6 Å². The highest BCUT2D eigenvalue weighted by molar-refractivity contribution is 7.22. The van der Waals surface area contributed by atoms with Gasteiger partial charge in [-0.2, -0.15) is 5.26 Å². The zero-order valence-corrected chi connectivity index (χ0v) is 16.1. The number of thiazole rings is 1. The third-order valence-electron chi connectivity index (χ3n) is 3.93. The Morgan fingerprint density at radius 3 is 2.62 bits per heavy atom. The molecule has 1 heterocycles. The average Bonchev–Trinajstić information content (AvgIpc) is 3.07. The minimum atomic E-state index is -0.133. The highest BCUT2D eigenvalue weighted by Crippen LogP contribution is 2.33. The molecular weight excluding hydrogens is 368 g/mol. The molecule has 0 fully saturated rings. The Hall–Kier alpha value is -2.46. The Balaban J connectivity index is 1.98. The van der Waals surface area contributed by atoms with Crippen LogP contribution in [-0.4, -0.2) is 38.1 Å². The van der Waals surface area contributed by atoms with Crippen LogP contribution < -0.4 is 9.80 Å². The zero-order valence-electron chi connectivity index (χ0n) is 14.5. The summed E-state index contributed by atoms with van der Waals surface area (Å²) in [6, 6.07) is 14.3. The van der Waals surface area contributed by atoms with Gasteiger partial charge in [0.05, 0.1) is 48.5 Å². The van der Waals surface area contributed by atoms with E-state index in [0.29, 0.717) is 33.3 Å². The third kappa shape index (κ3) is 3.86. The number of carbonyl (C=O) groups is 1. The number of benzene rings is 2. The maximum atomic E-state index is 13.1. The van der Waals surface area contributed by atoms with Gasteiger partial charge in [0.15, 0.2) is 5.13 Å². The number of likely N-dealkylation sites (N-methyl/N-ethyl adjacent to an activating group) is 1. The number of halogens is 1. The number of amides is 1. The van der Waals surface area contributed by atoms with Crippen molar-refractivity contribution in [2.24, 2.45) is 0 Å². The van der Waals surface area contributed by atoms with Gasteiger partial charge in [0.25, 0.3) is 5.91 Å². The second-order valence-electron chi connectivity index (χ2n) is 6.19. The lowest BCUT2D eigenvalue weighted by Gasteiger charge is -2.20. The number of rotatable bonds is 5. The number of carbonyl (C=O) groups excluding carboxylic acids is 1. The molecule has 0 saturated carbocycles. The predicted molar refractivity (Wildman–Crippen MR) is 105 cm³/mol. The fourth-order valence-electron chi connectivity index (χ4n) is 2.48. The van der Waals surface area contributed by atoms with Crippen LogP contribution in [0.5, 0.6) is 0 Å². The van der Waals surface area contributed by atoms with Crippen molar-refractivity contribution in [3.63, 3.8) is 0 Å². The van der Waals surface area contributed by atoms with Gasteiger partial charge in [-0.05, 0) is 36.4 Å². The van der Waals surface area contributed by atoms with Gasteiger partial charge in [0.1, 0.15) is 5.52 Å². The van der Waals surface area contributed by atoms with Gasteiger partial charge in [0.2, 0.25) is 0 Å². The molecule has 132 valence electrons. The number of nitrogens with zero attached hydrogens (tertiary/aromatic N) is 3. The molecule has 0 bridgehead atoms. The Morgan fingerprint density at radius 1 is 1.27 bits per heavy atom. The van der Waals surface area contributed by atoms with Crippen LogP contribution in [-0.2, 0) is 0 Å². The van der Waals surface area contributed by atoms with Crippen molar-refractivity contribution < 1.29 is 9.69 Å². The number of hydrogen-bond donors (Lipinski definition) is 1. The number of anilines is 1. The normalized spacial score (nSPS) is 10.9. The lowest BCUT2D eigenvalue weighted by atomic mass is 10.1. The fourth-order valence-corrected chi connectivity index (χ4v) is 3.77. The summed E-state index contributed by atoms with van der Waals surface area (Å²) in [4.78, 5) is 20.6. The first-order chi connectivity index (χ1) is 12.5. The second kappa shape index (κ2) is 7.83. The van der Waals surface area contributed by atoms with E-state index in [9.17, 15) is 4.79 Å². The molecule has 0 unspecified atom stereocenters. The van der Waals surface area contributed by atoms with Gasteiger partial charge in [-0.3, -0.25) is 9.69 Å². The van der Waals surface area contributed by atoms with E-state index in [1.807, 2.05) is 26.2 Å². The van der Waals surface area contributed by atoms with Crippen molar-refractivity contribution in [1.82, 2.24) is 4.98 Å². The standard InChI is InChI=1S/C19H17ClN4OS/c1-23(2)10-11-24(18(25)14-8-6-13(12-21)7-9-14)19-22-17-15(20)4-3-5-16(17)26-19/h3-9H,10-11H2,1-2H3/p+1. The largest absolute Gasteiger partial charge is 0.338 e. The molecule has 5 nitrogen and oxygen atoms in total. The molecule has 1 aromatic heterocycles. The van der Waals surface area contributed by atoms with Gasteiger partial charge in [-0.15, -0.1) is 0 Å². The third-order valence-corrected chi connectivity index (χ3v) is 5.28. The van der Waals surface area contributed by atoms with Crippen LogP contribution >= 0.6 is 22.9 Å². The van der Waals surface area contributed by atoms with E-state index in [2.05, 4.69) is 11.1 Å². The minimum absolute atomic E-state index is 0.133. The average molecular weight is 386 g/mol. The molecule has 0 spiro atoms. The van der Waals surface area contributed by atoms with Crippen LogP contribution in [0, 0.1) is 11.3 Å². The van der Waals surface area contributed by atoms with E-state index >= 15 is 0 Å². The number of hydrogen-bond acceptors (Lipinski definition) is 4. The Labute approximate surface area is 161 Å². The summed E-state index contributed by atoms with van der Waals surface area (Å²) in [6.07, 6.45) is 0. The minimum Gasteiger partial charge on any atom is -0.338 e. The van der Waals surface area contributed by atoms with Crippen molar-refractivity contribution in [2.75, 3.05) is 32.1 Å². The van der Waals surface area contributed by atoms with E-state index in [1.165, 1.54) is 16.2 Å². The molecule has 0 aliphatic heterocycles. The molecular formula is C19H18ClN4OS+. The first-order valence-corrected chi connectivity index (χ1v) is 9.35. The number of nitriles is 1. The molecule has 0 atom stereocenters. The van der Waals surface area contributed by atoms with Crippen LogP contribution in [0.4, 0.5) is 5.13 Å². The van der Waals surface area contributed by atoms with Crippen molar-refractivity contribution in [2.45, 2.75) is 0 Å². The zero-order chi connectivity index (χ0) is 18.7. The van der Waals surface area contributed by atoms with Gasteiger partial charge in [-0.25, -0.2) is 4.98 Å². The fraction of sp³-hybridized carbons (Fsp3) is 0.211. The summed E-state index contributed by atoms with van der Waals surface area (Å²) in [5.41, 5.74) is 1.77. The first kappa shape index (κ1) is 18.3. The van der Waals surface area contributed by atoms with Gasteiger partial charge in [-0.1, -0.05) is 29.0 Å². The number of quaternary nitrogens is 1. The molecule has 0 saturated heterocycles. The van der Waals surface area contributed by atoms with E-state index in [4.69, 9.17) is 16.9 Å². The SMILES string of the molecule is C[NH+](C)CCN(C(=O)c1ccc(C#N)cc1)c1nc2c(Cl)cccc2s1. The number of fused-ring (bicyclic) bond motifs is 1. The van der Waals surface area contributed by atoms with Crippen LogP contribution in [0.3, 0.4) is 0 Å². The van der Waals surface area contributed by atoms with Gasteiger partial charge < -0.3 is 4.90 Å². The van der Waals surface area contributed by atoms with Gasteiger partial charge in [0, 0.05) is 5.56 Å². The second-order valence-corrected chi connectivity index (χ2v) is 7.60. The molecule has 2 aromatic carbocycles. The lowest BCUT2D eigenvalue weighted by Crippen LogP contribution is -3.06. The summed E-state index contributed by atoms with van der Waals surface area (Å²) >= 11 is 7.69. The Bertz CT molecular complexity index is 975. The highest BCUT2D eigenvalue weighted by atomic mass is 35.5. The van der Waals surface area contributed by atoms with E-state index in [0.717, 1.165) is 11.2 Å². The molecule has 3 aromatic rings. The quantitative estimate of drug-likeness (QED) is 0.734. The maximum Gasteiger partial charge on any atom is 0.260 e. The van der Waals surface area contributed by atoms with E-state index in [1.54, 1.807) is 35.2 Å². The van der Waals surface area contributed by atoms with Crippen LogP contribution in [0.15, 0.2) is 42.5 Å². The van der Waals surface area contributed by atoms with Crippen molar-refractivity contribution in [3.8, 4) is 6.07 Å². The van der Waals surface area contributed by atoms with Crippen LogP contribution in [0.2, 0.25) is 5.02 Å². The van der Waals surface area contributed by atoms with Crippen LogP contribution in [0.25, 0.3) is 10.2 Å². The summed E-state index contributed by atoms with van der Waals surface area (Å²) < 4.78 is 0.947. The lowest BCUT2D eigenvalue weighted by molar-refractivity contribution is -0.856. The smallest absolute Gasteiger partial charge is 0.260 e. The Kier molecular flexibility index (Phi) is 5.52. The maximum absolute atomic E-state index is 13.1. The first-order valence-electron chi connectivity index (χ1n) is 8.15. The molecule has 26 heavy (non-hydrogen) atoms. The highest BCUT2D eigenvalue weighted by Gasteiger charge is 2.22. The number of para-hydroxylation sites is 1. The molecule has 0 aliphatic rings. The molecule has 3 rings (SSSR count). The topological polar surface area (TPSA) is 61.4 Å². The summed E-state index contributed by atoms with van der Waals surface area (Å²) in [5, 5.41) is 10.1. The summed E-state index contributed by atoms with van der Waals surface area (Å²) in [5.74, 6) is -0.133. The molecule has 1 amide bonds. The van der Waals surface area contributed by atoms with Crippen LogP contribution in [0.1, 0.15) is 15.9 Å². The van der Waals surface area contributed by atoms with E-state index in [-0.39, 0.29) is 5.91 Å². The molecule has 0 radical (unpaired) electrons. The van der Waals surface area contributed by atoms with Gasteiger partial charge >= 0.3 is 0 Å².